The zero-order chi connectivity index (χ0) is 16.9. The molecule has 0 amide bonds. The van der Waals surface area contributed by atoms with E-state index in [1.54, 1.807) is 0 Å². The van der Waals surface area contributed by atoms with Gasteiger partial charge in [0, 0.05) is 38.3 Å². The zero-order valence-electron chi connectivity index (χ0n) is 13.4. The van der Waals surface area contributed by atoms with Gasteiger partial charge in [0.2, 0.25) is 6.79 Å². The predicted molar refractivity (Wildman–Crippen MR) is 83.6 cm³/mol. The molecule has 3 rings (SSSR count). The van der Waals surface area contributed by atoms with Gasteiger partial charge in [-0.1, -0.05) is 0 Å². The molecule has 24 heavy (non-hydrogen) atoms. The molecule has 1 aromatic carbocycles. The van der Waals surface area contributed by atoms with E-state index < -0.39 is 5.82 Å². The molecule has 7 heteroatoms. The second kappa shape index (κ2) is 7.60. The molecule has 128 valence electrons. The van der Waals surface area contributed by atoms with Crippen LogP contribution in [0, 0.1) is 23.1 Å². The van der Waals surface area contributed by atoms with Crippen LogP contribution in [0.3, 0.4) is 0 Å². The highest BCUT2D eigenvalue weighted by molar-refractivity contribution is 5.74. The number of carbonyl (C=O) groups is 1. The standard InChI is InChI=1S/C17H20FN3O3/c18-15-7-13(9-19)16(23-11-24-17(22)12-1-2-12)14(8-15)10-21-5-3-20-4-6-21/h7-8,12,20H,1-6,10-11H2. The average molecular weight is 333 g/mol. The van der Waals surface area contributed by atoms with Crippen LogP contribution in [0.1, 0.15) is 24.0 Å². The van der Waals surface area contributed by atoms with E-state index in [4.69, 9.17) is 9.47 Å². The van der Waals surface area contributed by atoms with Crippen LogP contribution in [0.4, 0.5) is 4.39 Å². The summed E-state index contributed by atoms with van der Waals surface area (Å²) in [6.45, 7) is 3.65. The third-order valence-corrected chi connectivity index (χ3v) is 4.17. The molecule has 0 aromatic heterocycles. The molecule has 1 aliphatic heterocycles. The second-order valence-electron chi connectivity index (χ2n) is 6.08. The Bertz CT molecular complexity index is 649. The number of hydrogen-bond acceptors (Lipinski definition) is 6. The number of benzene rings is 1. The van der Waals surface area contributed by atoms with Gasteiger partial charge < -0.3 is 14.8 Å². The molecule has 0 bridgehead atoms. The average Bonchev–Trinajstić information content (AvgIpc) is 3.42. The lowest BCUT2D eigenvalue weighted by molar-refractivity contribution is -0.151. The number of rotatable bonds is 6. The third-order valence-electron chi connectivity index (χ3n) is 4.17. The van der Waals surface area contributed by atoms with E-state index in [0.29, 0.717) is 17.9 Å². The van der Waals surface area contributed by atoms with Crippen LogP contribution in [0.25, 0.3) is 0 Å². The van der Waals surface area contributed by atoms with Crippen molar-refractivity contribution >= 4 is 5.97 Å². The molecule has 2 aliphatic rings. The van der Waals surface area contributed by atoms with E-state index in [-0.39, 0.29) is 24.2 Å². The third kappa shape index (κ3) is 4.22. The van der Waals surface area contributed by atoms with Crippen molar-refractivity contribution in [2.75, 3.05) is 33.0 Å². The van der Waals surface area contributed by atoms with Crippen molar-refractivity contribution in [2.45, 2.75) is 19.4 Å². The first-order valence-corrected chi connectivity index (χ1v) is 8.12. The Morgan fingerprint density at radius 2 is 2.12 bits per heavy atom. The smallest absolute Gasteiger partial charge is 0.311 e. The van der Waals surface area contributed by atoms with Crippen LogP contribution >= 0.6 is 0 Å². The molecule has 1 aliphatic carbocycles. The molecule has 6 nitrogen and oxygen atoms in total. The van der Waals surface area contributed by atoms with Gasteiger partial charge in [0.05, 0.1) is 11.5 Å². The van der Waals surface area contributed by atoms with Crippen molar-refractivity contribution in [1.29, 1.82) is 5.26 Å². The highest BCUT2D eigenvalue weighted by atomic mass is 19.1. The summed E-state index contributed by atoms with van der Waals surface area (Å²) in [5, 5.41) is 12.5. The van der Waals surface area contributed by atoms with E-state index >= 15 is 0 Å². The Balaban J connectivity index is 1.71. The van der Waals surface area contributed by atoms with Crippen LogP contribution in [-0.4, -0.2) is 43.8 Å². The van der Waals surface area contributed by atoms with Crippen molar-refractivity contribution in [3.8, 4) is 11.8 Å². The molecule has 0 spiro atoms. The van der Waals surface area contributed by atoms with Gasteiger partial charge in [-0.3, -0.25) is 9.69 Å². The molecule has 1 aromatic rings. The lowest BCUT2D eigenvalue weighted by Crippen LogP contribution is -2.43. The fourth-order valence-electron chi connectivity index (χ4n) is 2.71. The number of carbonyl (C=O) groups excluding carboxylic acids is 1. The Morgan fingerprint density at radius 1 is 1.38 bits per heavy atom. The molecule has 0 atom stereocenters. The maximum Gasteiger partial charge on any atom is 0.311 e. The Labute approximate surface area is 140 Å². The number of nitrogens with one attached hydrogen (secondary N) is 1. The number of nitriles is 1. The van der Waals surface area contributed by atoms with Crippen LogP contribution in [0.2, 0.25) is 0 Å². The van der Waals surface area contributed by atoms with Crippen molar-refractivity contribution in [2.24, 2.45) is 5.92 Å². The van der Waals surface area contributed by atoms with E-state index in [1.807, 2.05) is 6.07 Å². The van der Waals surface area contributed by atoms with Crippen LogP contribution in [-0.2, 0) is 16.1 Å². The number of ether oxygens (including phenoxy) is 2. The number of nitrogens with zero attached hydrogens (tertiary/aromatic N) is 2. The molecular weight excluding hydrogens is 313 g/mol. The molecule has 0 radical (unpaired) electrons. The monoisotopic (exact) mass is 333 g/mol. The Hall–Kier alpha value is -2.17. The van der Waals surface area contributed by atoms with Crippen molar-refractivity contribution in [3.63, 3.8) is 0 Å². The topological polar surface area (TPSA) is 74.6 Å². The van der Waals surface area contributed by atoms with Gasteiger partial charge in [-0.2, -0.15) is 5.26 Å². The maximum atomic E-state index is 13.8. The highest BCUT2D eigenvalue weighted by Gasteiger charge is 2.31. The summed E-state index contributed by atoms with van der Waals surface area (Å²) >= 11 is 0. The first-order chi connectivity index (χ1) is 11.7. The molecular formula is C17H20FN3O3. The highest BCUT2D eigenvalue weighted by Crippen LogP contribution is 2.31. The first kappa shape index (κ1) is 16.7. The summed E-state index contributed by atoms with van der Waals surface area (Å²) < 4.78 is 24.4. The Morgan fingerprint density at radius 3 is 2.79 bits per heavy atom. The summed E-state index contributed by atoms with van der Waals surface area (Å²) in [5.74, 6) is -0.475. The van der Waals surface area contributed by atoms with E-state index in [9.17, 15) is 14.4 Å². The first-order valence-electron chi connectivity index (χ1n) is 8.12. The normalized spacial score (nSPS) is 18.0. The van der Waals surface area contributed by atoms with Crippen molar-refractivity contribution in [1.82, 2.24) is 10.2 Å². The van der Waals surface area contributed by atoms with Gasteiger partial charge >= 0.3 is 5.97 Å². The van der Waals surface area contributed by atoms with Gasteiger partial charge in [-0.25, -0.2) is 4.39 Å². The summed E-state index contributed by atoms with van der Waals surface area (Å²) in [4.78, 5) is 13.7. The minimum atomic E-state index is -0.473. The van der Waals surface area contributed by atoms with Gasteiger partial charge in [0.15, 0.2) is 0 Å². The van der Waals surface area contributed by atoms with Crippen LogP contribution < -0.4 is 10.1 Å². The van der Waals surface area contributed by atoms with Gasteiger partial charge in [0.25, 0.3) is 0 Å². The van der Waals surface area contributed by atoms with Gasteiger partial charge in [0.1, 0.15) is 17.6 Å². The minimum absolute atomic E-state index is 0.0161. The number of halogens is 1. The number of esters is 1. The summed E-state index contributed by atoms with van der Waals surface area (Å²) in [7, 11) is 0. The number of hydrogen-bond donors (Lipinski definition) is 1. The summed E-state index contributed by atoms with van der Waals surface area (Å²) in [6.07, 6.45) is 1.71. The van der Waals surface area contributed by atoms with Gasteiger partial charge in [-0.05, 0) is 25.0 Å². The molecule has 1 saturated heterocycles. The molecule has 1 heterocycles. The molecule has 1 N–H and O–H groups in total. The predicted octanol–water partition coefficient (Wildman–Crippen LogP) is 1.39. The van der Waals surface area contributed by atoms with Gasteiger partial charge in [-0.15, -0.1) is 0 Å². The summed E-state index contributed by atoms with van der Waals surface area (Å²) in [6, 6.07) is 4.47. The van der Waals surface area contributed by atoms with E-state index in [0.717, 1.165) is 45.1 Å². The van der Waals surface area contributed by atoms with E-state index in [2.05, 4.69) is 10.2 Å². The van der Waals surface area contributed by atoms with Crippen LogP contribution in [0.5, 0.6) is 5.75 Å². The molecule has 2 fully saturated rings. The second-order valence-corrected chi connectivity index (χ2v) is 6.08. The fourth-order valence-corrected chi connectivity index (χ4v) is 2.71. The lowest BCUT2D eigenvalue weighted by Gasteiger charge is -2.28. The number of piperazine rings is 1. The van der Waals surface area contributed by atoms with E-state index in [1.165, 1.54) is 6.07 Å². The quantitative estimate of drug-likeness (QED) is 0.626. The van der Waals surface area contributed by atoms with Crippen molar-refractivity contribution in [3.05, 3.63) is 29.1 Å². The fraction of sp³-hybridized carbons (Fsp3) is 0.529. The zero-order valence-corrected chi connectivity index (χ0v) is 13.4. The SMILES string of the molecule is N#Cc1cc(F)cc(CN2CCNCC2)c1OCOC(=O)C1CC1. The Kier molecular flexibility index (Phi) is 5.28. The van der Waals surface area contributed by atoms with Crippen molar-refractivity contribution < 1.29 is 18.7 Å². The molecule has 1 saturated carbocycles. The largest absolute Gasteiger partial charge is 0.456 e. The minimum Gasteiger partial charge on any atom is -0.456 e. The lowest BCUT2D eigenvalue weighted by atomic mass is 10.1. The maximum absolute atomic E-state index is 13.8. The van der Waals surface area contributed by atoms with Crippen LogP contribution in [0.15, 0.2) is 12.1 Å². The molecule has 0 unspecified atom stereocenters. The summed E-state index contributed by atoms with van der Waals surface area (Å²) in [5.41, 5.74) is 0.707.